The van der Waals surface area contributed by atoms with E-state index in [-0.39, 0.29) is 16.3 Å². The van der Waals surface area contributed by atoms with E-state index >= 15 is 0 Å². The van der Waals surface area contributed by atoms with E-state index in [9.17, 15) is 18.0 Å². The molecule has 29 heavy (non-hydrogen) atoms. The van der Waals surface area contributed by atoms with Crippen molar-refractivity contribution in [1.29, 1.82) is 0 Å². The second-order valence-corrected chi connectivity index (χ2v) is 8.00. The third kappa shape index (κ3) is 5.92. The summed E-state index contributed by atoms with van der Waals surface area (Å²) in [5.41, 5.74) is -0.0964. The van der Waals surface area contributed by atoms with Crippen LogP contribution in [0.25, 0.3) is 0 Å². The molecule has 0 heterocycles. The van der Waals surface area contributed by atoms with Gasteiger partial charge in [-0.3, -0.25) is 4.79 Å². The molecule has 2 nitrogen and oxygen atoms in total. The van der Waals surface area contributed by atoms with Gasteiger partial charge in [0.2, 0.25) is 0 Å². The van der Waals surface area contributed by atoms with Crippen molar-refractivity contribution in [2.24, 2.45) is 0 Å². The number of nitrogens with one attached hydrogen (secondary N) is 1. The molecular weight excluding hydrogens is 442 g/mol. The lowest BCUT2D eigenvalue weighted by molar-refractivity contribution is -0.136. The van der Waals surface area contributed by atoms with Gasteiger partial charge in [-0.2, -0.15) is 13.2 Å². The molecule has 0 aliphatic rings. The largest absolute Gasteiger partial charge is 0.418 e. The van der Waals surface area contributed by atoms with Crippen LogP contribution in [0.15, 0.2) is 71.6 Å². The van der Waals surface area contributed by atoms with E-state index < -0.39 is 17.6 Å². The number of thioether (sulfide) groups is 1. The van der Waals surface area contributed by atoms with E-state index in [0.29, 0.717) is 10.8 Å². The number of carbonyl (C=O) groups excluding carboxylic acids is 1. The van der Waals surface area contributed by atoms with E-state index in [1.807, 2.05) is 24.3 Å². The Hall–Kier alpha value is -2.15. The first-order valence-corrected chi connectivity index (χ1v) is 10.1. The highest BCUT2D eigenvalue weighted by molar-refractivity contribution is 7.98. The number of amides is 1. The van der Waals surface area contributed by atoms with Gasteiger partial charge in [-0.15, -0.1) is 11.8 Å². The molecule has 150 valence electrons. The van der Waals surface area contributed by atoms with Crippen molar-refractivity contribution in [3.8, 4) is 0 Å². The molecular formula is C21H14Cl2F3NOS. The number of alkyl halides is 3. The number of halogens is 5. The highest BCUT2D eigenvalue weighted by atomic mass is 35.5. The van der Waals surface area contributed by atoms with Gasteiger partial charge in [-0.25, -0.2) is 0 Å². The maximum Gasteiger partial charge on any atom is 0.418 e. The van der Waals surface area contributed by atoms with E-state index in [1.165, 1.54) is 6.07 Å². The Morgan fingerprint density at radius 3 is 2.14 bits per heavy atom. The maximum atomic E-state index is 13.2. The van der Waals surface area contributed by atoms with E-state index in [4.69, 9.17) is 23.2 Å². The van der Waals surface area contributed by atoms with Crippen molar-refractivity contribution in [1.82, 2.24) is 0 Å². The molecule has 3 aromatic carbocycles. The molecule has 0 unspecified atom stereocenters. The van der Waals surface area contributed by atoms with Crippen LogP contribution in [0.2, 0.25) is 10.0 Å². The van der Waals surface area contributed by atoms with Crippen molar-refractivity contribution >= 4 is 46.6 Å². The van der Waals surface area contributed by atoms with Gasteiger partial charge < -0.3 is 5.32 Å². The molecule has 0 aliphatic heterocycles. The fourth-order valence-corrected chi connectivity index (χ4v) is 3.66. The number of carbonyl (C=O) groups is 1. The van der Waals surface area contributed by atoms with E-state index in [2.05, 4.69) is 5.32 Å². The van der Waals surface area contributed by atoms with Crippen LogP contribution in [-0.4, -0.2) is 5.91 Å². The molecule has 1 amide bonds. The summed E-state index contributed by atoms with van der Waals surface area (Å²) in [5, 5.41) is 2.92. The van der Waals surface area contributed by atoms with Crippen LogP contribution in [0, 0.1) is 0 Å². The van der Waals surface area contributed by atoms with Crippen LogP contribution in [0.3, 0.4) is 0 Å². The summed E-state index contributed by atoms with van der Waals surface area (Å²) in [6, 6.07) is 17.4. The Morgan fingerprint density at radius 1 is 0.897 bits per heavy atom. The van der Waals surface area contributed by atoms with Crippen LogP contribution in [0.5, 0.6) is 0 Å². The molecule has 0 fully saturated rings. The Kier molecular flexibility index (Phi) is 6.77. The average Bonchev–Trinajstić information content (AvgIpc) is 2.68. The van der Waals surface area contributed by atoms with Gasteiger partial charge in [-0.05, 0) is 60.2 Å². The highest BCUT2D eigenvalue weighted by Gasteiger charge is 2.34. The molecule has 1 N–H and O–H groups in total. The van der Waals surface area contributed by atoms with Gasteiger partial charge in [0.05, 0.1) is 11.3 Å². The van der Waals surface area contributed by atoms with Gasteiger partial charge in [0.1, 0.15) is 0 Å². The Bertz CT molecular complexity index is 1010. The molecule has 3 rings (SSSR count). The molecule has 0 aliphatic carbocycles. The third-order valence-electron chi connectivity index (χ3n) is 3.97. The van der Waals surface area contributed by atoms with Crippen LogP contribution < -0.4 is 5.32 Å². The molecule has 3 aromatic rings. The zero-order valence-electron chi connectivity index (χ0n) is 14.8. The summed E-state index contributed by atoms with van der Waals surface area (Å²) < 4.78 is 39.5. The van der Waals surface area contributed by atoms with Crippen LogP contribution >= 0.6 is 35.0 Å². The first-order chi connectivity index (χ1) is 13.7. The van der Waals surface area contributed by atoms with Crippen LogP contribution in [-0.2, 0) is 11.9 Å². The van der Waals surface area contributed by atoms with Crippen molar-refractivity contribution in [2.45, 2.75) is 16.8 Å². The predicted molar refractivity (Wildman–Crippen MR) is 112 cm³/mol. The molecule has 8 heteroatoms. The first-order valence-electron chi connectivity index (χ1n) is 8.38. The fourth-order valence-electron chi connectivity index (χ4n) is 2.50. The molecule has 0 atom stereocenters. The second-order valence-electron chi connectivity index (χ2n) is 6.08. The number of anilines is 1. The monoisotopic (exact) mass is 455 g/mol. The molecule has 0 aromatic heterocycles. The second kappa shape index (κ2) is 9.11. The number of rotatable bonds is 5. The standard InChI is InChI=1S/C21H14Cl2F3NOS/c22-15-5-8-17(9-6-15)29-12-13-1-3-14(4-2-13)20(28)27-19-10-7-16(23)11-18(19)21(24,25)26/h1-11H,12H2,(H,27,28). The minimum absolute atomic E-state index is 0.0575. The molecule has 0 radical (unpaired) electrons. The summed E-state index contributed by atoms with van der Waals surface area (Å²) in [5.74, 6) is 0.0496. The summed E-state index contributed by atoms with van der Waals surface area (Å²) >= 11 is 13.1. The highest BCUT2D eigenvalue weighted by Crippen LogP contribution is 2.36. The molecule has 0 bridgehead atoms. The van der Waals surface area contributed by atoms with Gasteiger partial charge >= 0.3 is 6.18 Å². The molecule has 0 spiro atoms. The zero-order chi connectivity index (χ0) is 21.0. The van der Waals surface area contributed by atoms with Crippen molar-refractivity contribution in [3.63, 3.8) is 0 Å². The minimum Gasteiger partial charge on any atom is -0.321 e. The van der Waals surface area contributed by atoms with Gasteiger partial charge in [0.15, 0.2) is 0 Å². The van der Waals surface area contributed by atoms with Gasteiger partial charge in [0, 0.05) is 26.3 Å². The minimum atomic E-state index is -4.63. The topological polar surface area (TPSA) is 29.1 Å². The lowest BCUT2D eigenvalue weighted by Crippen LogP contribution is -2.16. The first kappa shape index (κ1) is 21.6. The quantitative estimate of drug-likeness (QED) is 0.402. The zero-order valence-corrected chi connectivity index (χ0v) is 17.1. The fraction of sp³-hybridized carbons (Fsp3) is 0.0952. The lowest BCUT2D eigenvalue weighted by Gasteiger charge is -2.14. The SMILES string of the molecule is O=C(Nc1ccc(Cl)cc1C(F)(F)F)c1ccc(CSc2ccc(Cl)cc2)cc1. The number of hydrogen-bond acceptors (Lipinski definition) is 2. The van der Waals surface area contributed by atoms with Crippen LogP contribution in [0.1, 0.15) is 21.5 Å². The van der Waals surface area contributed by atoms with Gasteiger partial charge in [0.25, 0.3) is 5.91 Å². The van der Waals surface area contributed by atoms with Crippen molar-refractivity contribution in [2.75, 3.05) is 5.32 Å². The number of benzene rings is 3. The summed E-state index contributed by atoms with van der Waals surface area (Å²) in [4.78, 5) is 13.4. The molecule has 0 saturated heterocycles. The van der Waals surface area contributed by atoms with E-state index in [1.54, 1.807) is 36.0 Å². The Balaban J connectivity index is 1.67. The Morgan fingerprint density at radius 2 is 1.52 bits per heavy atom. The maximum absolute atomic E-state index is 13.2. The Labute approximate surface area is 180 Å². The van der Waals surface area contributed by atoms with Crippen molar-refractivity contribution in [3.05, 3.63) is 93.5 Å². The summed E-state index contributed by atoms with van der Waals surface area (Å²) in [6.45, 7) is 0. The smallest absolute Gasteiger partial charge is 0.321 e. The lowest BCUT2D eigenvalue weighted by atomic mass is 10.1. The predicted octanol–water partition coefficient (Wildman–Crippen LogP) is 7.56. The third-order valence-corrected chi connectivity index (χ3v) is 5.54. The normalized spacial score (nSPS) is 11.3. The number of hydrogen-bond donors (Lipinski definition) is 1. The van der Waals surface area contributed by atoms with Crippen molar-refractivity contribution < 1.29 is 18.0 Å². The summed E-state index contributed by atoms with van der Waals surface area (Å²) in [7, 11) is 0. The van der Waals surface area contributed by atoms with Crippen LogP contribution in [0.4, 0.5) is 18.9 Å². The molecule has 0 saturated carbocycles. The summed E-state index contributed by atoms with van der Waals surface area (Å²) in [6.07, 6.45) is -4.63. The van der Waals surface area contributed by atoms with E-state index in [0.717, 1.165) is 22.6 Å². The van der Waals surface area contributed by atoms with Gasteiger partial charge in [-0.1, -0.05) is 35.3 Å². The average molecular weight is 456 g/mol.